The first-order valence-electron chi connectivity index (χ1n) is 5.41. The fourth-order valence-electron chi connectivity index (χ4n) is 1.13. The van der Waals surface area contributed by atoms with E-state index in [9.17, 15) is 0 Å². The molecule has 1 aromatic carbocycles. The Bertz CT molecular complexity index is 317. The van der Waals surface area contributed by atoms with Crippen molar-refractivity contribution in [3.8, 4) is 0 Å². The first kappa shape index (κ1) is 13.2. The van der Waals surface area contributed by atoms with E-state index >= 15 is 0 Å². The molecule has 16 heavy (non-hydrogen) atoms. The van der Waals surface area contributed by atoms with Gasteiger partial charge in [-0.2, -0.15) is 0 Å². The second-order valence-electron chi connectivity index (χ2n) is 4.96. The standard InChI is InChI=1S/C13H20O3/c1-12(2,10-14)15-16-13(3,4)11-8-6-5-7-9-11/h5-9,14H,10H2,1-4H3. The molecule has 0 atom stereocenters. The summed E-state index contributed by atoms with van der Waals surface area (Å²) in [7, 11) is 0. The number of benzene rings is 1. The lowest BCUT2D eigenvalue weighted by Crippen LogP contribution is -2.33. The Morgan fingerprint density at radius 1 is 1.00 bits per heavy atom. The van der Waals surface area contributed by atoms with E-state index < -0.39 is 11.2 Å². The molecule has 0 fully saturated rings. The van der Waals surface area contributed by atoms with E-state index in [1.54, 1.807) is 13.8 Å². The van der Waals surface area contributed by atoms with Crippen molar-refractivity contribution in [3.63, 3.8) is 0 Å². The van der Waals surface area contributed by atoms with Gasteiger partial charge < -0.3 is 5.11 Å². The minimum atomic E-state index is -0.688. The highest BCUT2D eigenvalue weighted by atomic mass is 17.2. The van der Waals surface area contributed by atoms with Crippen molar-refractivity contribution in [2.75, 3.05) is 6.61 Å². The predicted molar refractivity (Wildman–Crippen MR) is 62.8 cm³/mol. The van der Waals surface area contributed by atoms with Gasteiger partial charge in [-0.05, 0) is 33.3 Å². The summed E-state index contributed by atoms with van der Waals surface area (Å²) in [5.74, 6) is 0. The molecule has 0 saturated heterocycles. The highest BCUT2D eigenvalue weighted by Crippen LogP contribution is 2.26. The lowest BCUT2D eigenvalue weighted by molar-refractivity contribution is -0.409. The Balaban J connectivity index is 2.66. The van der Waals surface area contributed by atoms with Crippen molar-refractivity contribution in [2.24, 2.45) is 0 Å². The van der Waals surface area contributed by atoms with E-state index in [1.807, 2.05) is 44.2 Å². The van der Waals surface area contributed by atoms with Gasteiger partial charge in [-0.1, -0.05) is 30.3 Å². The van der Waals surface area contributed by atoms with Crippen molar-refractivity contribution in [1.29, 1.82) is 0 Å². The zero-order valence-electron chi connectivity index (χ0n) is 10.4. The molecule has 0 amide bonds. The third-order valence-corrected chi connectivity index (χ3v) is 2.33. The van der Waals surface area contributed by atoms with Crippen LogP contribution >= 0.6 is 0 Å². The minimum Gasteiger partial charge on any atom is -0.393 e. The van der Waals surface area contributed by atoms with Crippen LogP contribution in [0.5, 0.6) is 0 Å². The van der Waals surface area contributed by atoms with Gasteiger partial charge in [0.05, 0.1) is 6.61 Å². The van der Waals surface area contributed by atoms with Gasteiger partial charge in [0.1, 0.15) is 11.2 Å². The van der Waals surface area contributed by atoms with Gasteiger partial charge in [-0.3, -0.25) is 0 Å². The van der Waals surface area contributed by atoms with E-state index in [0.29, 0.717) is 0 Å². The third-order valence-electron chi connectivity index (χ3n) is 2.33. The lowest BCUT2D eigenvalue weighted by atomic mass is 9.99. The Hall–Kier alpha value is -0.900. The van der Waals surface area contributed by atoms with Gasteiger partial charge >= 0.3 is 0 Å². The Morgan fingerprint density at radius 3 is 2.06 bits per heavy atom. The largest absolute Gasteiger partial charge is 0.393 e. The number of hydrogen-bond donors (Lipinski definition) is 1. The average Bonchev–Trinajstić information content (AvgIpc) is 2.28. The summed E-state index contributed by atoms with van der Waals surface area (Å²) in [6, 6.07) is 9.83. The van der Waals surface area contributed by atoms with Gasteiger partial charge in [-0.25, -0.2) is 9.78 Å². The van der Waals surface area contributed by atoms with Crippen LogP contribution in [0.25, 0.3) is 0 Å². The lowest BCUT2D eigenvalue weighted by Gasteiger charge is -2.29. The summed E-state index contributed by atoms with van der Waals surface area (Å²) < 4.78 is 0. The van der Waals surface area contributed by atoms with E-state index in [0.717, 1.165) is 5.56 Å². The summed E-state index contributed by atoms with van der Waals surface area (Å²) in [6.45, 7) is 7.31. The van der Waals surface area contributed by atoms with Crippen molar-refractivity contribution in [3.05, 3.63) is 35.9 Å². The van der Waals surface area contributed by atoms with Crippen LogP contribution in [0.15, 0.2) is 30.3 Å². The monoisotopic (exact) mass is 224 g/mol. The molecule has 0 aliphatic heterocycles. The maximum atomic E-state index is 9.06. The molecule has 0 unspecified atom stereocenters. The predicted octanol–water partition coefficient (Wildman–Crippen LogP) is 2.64. The van der Waals surface area contributed by atoms with Crippen LogP contribution in [0.1, 0.15) is 33.3 Å². The fraction of sp³-hybridized carbons (Fsp3) is 0.538. The molecule has 0 radical (unpaired) electrons. The van der Waals surface area contributed by atoms with Crippen LogP contribution < -0.4 is 0 Å². The highest BCUT2D eigenvalue weighted by molar-refractivity contribution is 5.20. The topological polar surface area (TPSA) is 38.7 Å². The van der Waals surface area contributed by atoms with Gasteiger partial charge in [0.15, 0.2) is 0 Å². The summed E-state index contributed by atoms with van der Waals surface area (Å²) >= 11 is 0. The van der Waals surface area contributed by atoms with Crippen LogP contribution in [0.3, 0.4) is 0 Å². The Labute approximate surface area is 96.9 Å². The van der Waals surface area contributed by atoms with E-state index in [1.165, 1.54) is 0 Å². The smallest absolute Gasteiger partial charge is 0.123 e. The molecule has 0 aromatic heterocycles. The molecule has 1 aromatic rings. The first-order valence-corrected chi connectivity index (χ1v) is 5.41. The molecule has 90 valence electrons. The molecular formula is C13H20O3. The molecule has 0 saturated carbocycles. The van der Waals surface area contributed by atoms with E-state index in [4.69, 9.17) is 14.9 Å². The molecule has 3 heteroatoms. The Morgan fingerprint density at radius 2 is 1.56 bits per heavy atom. The molecule has 0 bridgehead atoms. The second-order valence-corrected chi connectivity index (χ2v) is 4.96. The van der Waals surface area contributed by atoms with Crippen LogP contribution in [-0.4, -0.2) is 17.3 Å². The third kappa shape index (κ3) is 3.59. The number of hydrogen-bond acceptors (Lipinski definition) is 3. The van der Waals surface area contributed by atoms with Crippen molar-refractivity contribution < 1.29 is 14.9 Å². The van der Waals surface area contributed by atoms with Crippen LogP contribution in [0.2, 0.25) is 0 Å². The number of aliphatic hydroxyl groups excluding tert-OH is 1. The molecule has 0 aliphatic rings. The van der Waals surface area contributed by atoms with Gasteiger partial charge in [0.25, 0.3) is 0 Å². The maximum Gasteiger partial charge on any atom is 0.123 e. The number of rotatable bonds is 5. The number of aliphatic hydroxyl groups is 1. The SMILES string of the molecule is CC(C)(CO)OOC(C)(C)c1ccccc1. The minimum absolute atomic E-state index is 0.0854. The van der Waals surface area contributed by atoms with Gasteiger partial charge in [-0.15, -0.1) is 0 Å². The quantitative estimate of drug-likeness (QED) is 0.617. The molecule has 3 nitrogen and oxygen atoms in total. The summed E-state index contributed by atoms with van der Waals surface area (Å²) in [4.78, 5) is 10.7. The molecule has 0 spiro atoms. The first-order chi connectivity index (χ1) is 7.37. The molecule has 1 N–H and O–H groups in total. The fourth-order valence-corrected chi connectivity index (χ4v) is 1.13. The zero-order chi connectivity index (χ0) is 12.2. The van der Waals surface area contributed by atoms with Crippen LogP contribution in [0.4, 0.5) is 0 Å². The molecular weight excluding hydrogens is 204 g/mol. The average molecular weight is 224 g/mol. The normalized spacial score (nSPS) is 12.8. The van der Waals surface area contributed by atoms with Crippen LogP contribution in [0, 0.1) is 0 Å². The highest BCUT2D eigenvalue weighted by Gasteiger charge is 2.27. The second kappa shape index (κ2) is 4.95. The Kier molecular flexibility index (Phi) is 4.08. The van der Waals surface area contributed by atoms with Crippen molar-refractivity contribution >= 4 is 0 Å². The summed E-state index contributed by atoms with van der Waals surface area (Å²) in [5, 5.41) is 9.06. The van der Waals surface area contributed by atoms with Crippen molar-refractivity contribution in [2.45, 2.75) is 38.9 Å². The molecule has 0 heterocycles. The zero-order valence-corrected chi connectivity index (χ0v) is 10.4. The van der Waals surface area contributed by atoms with Gasteiger partial charge in [0, 0.05) is 0 Å². The van der Waals surface area contributed by atoms with Crippen molar-refractivity contribution in [1.82, 2.24) is 0 Å². The maximum absolute atomic E-state index is 9.06. The summed E-state index contributed by atoms with van der Waals surface area (Å²) in [6.07, 6.45) is 0. The molecule has 0 aliphatic carbocycles. The molecule has 1 rings (SSSR count). The van der Waals surface area contributed by atoms with E-state index in [-0.39, 0.29) is 6.61 Å². The van der Waals surface area contributed by atoms with E-state index in [2.05, 4.69) is 0 Å². The van der Waals surface area contributed by atoms with Gasteiger partial charge in [0.2, 0.25) is 0 Å². The summed E-state index contributed by atoms with van der Waals surface area (Å²) in [5.41, 5.74) is -0.191. The van der Waals surface area contributed by atoms with Crippen LogP contribution in [-0.2, 0) is 15.4 Å².